The molecule has 0 radical (unpaired) electrons. The van der Waals surface area contributed by atoms with Crippen LogP contribution >= 0.6 is 11.6 Å². The second kappa shape index (κ2) is 8.35. The second-order valence-electron chi connectivity index (χ2n) is 6.28. The predicted octanol–water partition coefficient (Wildman–Crippen LogP) is 3.35. The molecule has 3 rings (SSSR count). The highest BCUT2D eigenvalue weighted by Crippen LogP contribution is 2.25. The van der Waals surface area contributed by atoms with Crippen LogP contribution in [0.3, 0.4) is 0 Å². The van der Waals surface area contributed by atoms with Gasteiger partial charge in [-0.1, -0.05) is 42.7 Å². The topological polar surface area (TPSA) is 81.2 Å². The van der Waals surface area contributed by atoms with Gasteiger partial charge in [0, 0.05) is 23.7 Å². The third kappa shape index (κ3) is 4.03. The number of hydrogen-bond donors (Lipinski definition) is 0. The number of halogens is 1. The molecule has 0 saturated heterocycles. The van der Waals surface area contributed by atoms with Gasteiger partial charge in [0.2, 0.25) is 5.91 Å². The van der Waals surface area contributed by atoms with Crippen molar-refractivity contribution >= 4 is 28.6 Å². The van der Waals surface area contributed by atoms with Crippen molar-refractivity contribution in [1.82, 2.24) is 19.6 Å². The van der Waals surface area contributed by atoms with Crippen LogP contribution in [0.25, 0.3) is 22.4 Å². The highest BCUT2D eigenvalue weighted by atomic mass is 35.5. The zero-order chi connectivity index (χ0) is 19.4. The van der Waals surface area contributed by atoms with E-state index in [0.717, 1.165) is 12.8 Å². The molecule has 0 bridgehead atoms. The lowest BCUT2D eigenvalue weighted by Gasteiger charge is -2.21. The van der Waals surface area contributed by atoms with E-state index in [1.807, 2.05) is 13.8 Å². The Morgan fingerprint density at radius 1 is 1.19 bits per heavy atom. The summed E-state index contributed by atoms with van der Waals surface area (Å²) >= 11 is 5.92. The average molecular weight is 389 g/mol. The second-order valence-corrected chi connectivity index (χ2v) is 6.71. The predicted molar refractivity (Wildman–Crippen MR) is 104 cm³/mol. The maximum absolute atomic E-state index is 13.0. The smallest absolute Gasteiger partial charge is 0.267 e. The lowest BCUT2D eigenvalue weighted by molar-refractivity contribution is -0.132. The third-order valence-corrected chi connectivity index (χ3v) is 4.48. The lowest BCUT2D eigenvalue weighted by atomic mass is 10.1. The normalized spacial score (nSPS) is 11.1. The minimum Gasteiger partial charge on any atom is -0.341 e. The zero-order valence-corrected chi connectivity index (χ0v) is 16.1. The third-order valence-electron chi connectivity index (χ3n) is 4.23. The number of fused-ring (bicyclic) bond motifs is 1. The van der Waals surface area contributed by atoms with Crippen molar-refractivity contribution in [3.05, 3.63) is 46.0 Å². The maximum Gasteiger partial charge on any atom is 0.267 e. The van der Waals surface area contributed by atoms with Crippen LogP contribution in [-0.4, -0.2) is 38.6 Å². The minimum absolute atomic E-state index is 0.0625. The van der Waals surface area contributed by atoms with Crippen LogP contribution in [0.4, 0.5) is 0 Å². The minimum atomic E-state index is -0.354. The highest BCUT2D eigenvalue weighted by Gasteiger charge is 2.19. The number of hydrogen-bond acceptors (Lipinski definition) is 5. The molecule has 0 aliphatic carbocycles. The molecule has 0 unspecified atom stereocenters. The van der Waals surface area contributed by atoms with Crippen molar-refractivity contribution < 1.29 is 9.32 Å². The van der Waals surface area contributed by atoms with Crippen LogP contribution in [0.2, 0.25) is 5.02 Å². The van der Waals surface area contributed by atoms with Crippen molar-refractivity contribution in [3.63, 3.8) is 0 Å². The van der Waals surface area contributed by atoms with E-state index >= 15 is 0 Å². The van der Waals surface area contributed by atoms with Crippen LogP contribution in [0, 0.1) is 0 Å². The molecule has 7 nitrogen and oxygen atoms in total. The number of nitrogens with zero attached hydrogens (tertiary/aromatic N) is 4. The summed E-state index contributed by atoms with van der Waals surface area (Å²) in [6.07, 6.45) is 3.06. The van der Waals surface area contributed by atoms with Gasteiger partial charge in [-0.15, -0.1) is 0 Å². The number of amides is 1. The van der Waals surface area contributed by atoms with Crippen molar-refractivity contribution in [3.8, 4) is 11.3 Å². The fourth-order valence-electron chi connectivity index (χ4n) is 2.94. The largest absolute Gasteiger partial charge is 0.341 e. The molecule has 8 heteroatoms. The van der Waals surface area contributed by atoms with Crippen molar-refractivity contribution in [2.24, 2.45) is 0 Å². The molecule has 0 aliphatic heterocycles. The Balaban J connectivity index is 1.97. The zero-order valence-electron chi connectivity index (χ0n) is 15.3. The van der Waals surface area contributed by atoms with Gasteiger partial charge >= 0.3 is 0 Å². The Labute approximate surface area is 161 Å². The molecule has 2 heterocycles. The van der Waals surface area contributed by atoms with Gasteiger partial charge in [0.05, 0.1) is 0 Å². The summed E-state index contributed by atoms with van der Waals surface area (Å²) in [5, 5.41) is 4.82. The molecule has 27 heavy (non-hydrogen) atoms. The number of carbonyl (C=O) groups is 1. The fourth-order valence-corrected chi connectivity index (χ4v) is 3.07. The first-order chi connectivity index (χ1) is 13.0. The average Bonchev–Trinajstić information content (AvgIpc) is 3.09. The molecule has 0 saturated carbocycles. The number of aromatic nitrogens is 3. The Hall–Kier alpha value is -2.67. The van der Waals surface area contributed by atoms with Crippen molar-refractivity contribution in [2.45, 2.75) is 33.2 Å². The molecule has 0 spiro atoms. The van der Waals surface area contributed by atoms with E-state index in [4.69, 9.17) is 16.1 Å². The van der Waals surface area contributed by atoms with Gasteiger partial charge in [0.25, 0.3) is 11.3 Å². The summed E-state index contributed by atoms with van der Waals surface area (Å²) in [7, 11) is 0. The van der Waals surface area contributed by atoms with Crippen molar-refractivity contribution in [1.29, 1.82) is 0 Å². The molecule has 0 aliphatic rings. The van der Waals surface area contributed by atoms with Gasteiger partial charge in [-0.3, -0.25) is 14.2 Å². The Morgan fingerprint density at radius 3 is 2.48 bits per heavy atom. The van der Waals surface area contributed by atoms with E-state index in [9.17, 15) is 9.59 Å². The summed E-state index contributed by atoms with van der Waals surface area (Å²) in [6, 6.07) is 6.93. The lowest BCUT2D eigenvalue weighted by Crippen LogP contribution is -2.37. The van der Waals surface area contributed by atoms with E-state index in [0.29, 0.717) is 29.4 Å². The maximum atomic E-state index is 13.0. The standard InChI is InChI=1S/C19H21ClN4O3/c1-3-9-23(10-4-2)15(25)11-24-12-21-18-16(19(24)26)17(22-27-18)13-5-7-14(20)8-6-13/h5-8,12H,3-4,9-11H2,1-2H3. The molecule has 0 N–H and O–H groups in total. The van der Waals surface area contributed by atoms with Crippen molar-refractivity contribution in [2.75, 3.05) is 13.1 Å². The molecule has 1 aromatic carbocycles. The van der Waals surface area contributed by atoms with E-state index in [1.165, 1.54) is 10.9 Å². The van der Waals surface area contributed by atoms with Crippen LogP contribution in [0.15, 0.2) is 39.9 Å². The highest BCUT2D eigenvalue weighted by molar-refractivity contribution is 6.30. The van der Waals surface area contributed by atoms with Gasteiger partial charge in [-0.25, -0.2) is 4.98 Å². The van der Waals surface area contributed by atoms with Gasteiger partial charge in [-0.05, 0) is 25.0 Å². The summed E-state index contributed by atoms with van der Waals surface area (Å²) in [5.74, 6) is -0.105. The fraction of sp³-hybridized carbons (Fsp3) is 0.368. The van der Waals surface area contributed by atoms with E-state index in [2.05, 4.69) is 10.1 Å². The van der Waals surface area contributed by atoms with Crippen LogP contribution in [0.5, 0.6) is 0 Å². The van der Waals surface area contributed by atoms with Gasteiger partial charge in [-0.2, -0.15) is 0 Å². The molecule has 142 valence electrons. The summed E-state index contributed by atoms with van der Waals surface area (Å²) in [6.45, 7) is 5.31. The summed E-state index contributed by atoms with van der Waals surface area (Å²) < 4.78 is 6.50. The Bertz CT molecular complexity index is 988. The van der Waals surface area contributed by atoms with Gasteiger partial charge in [0.15, 0.2) is 0 Å². The summed E-state index contributed by atoms with van der Waals surface area (Å²) in [5.41, 5.74) is 0.875. The van der Waals surface area contributed by atoms with Gasteiger partial charge in [0.1, 0.15) is 24.0 Å². The number of rotatable bonds is 7. The number of benzene rings is 1. The first-order valence-corrected chi connectivity index (χ1v) is 9.31. The van der Waals surface area contributed by atoms with Crippen LogP contribution < -0.4 is 5.56 Å². The van der Waals surface area contributed by atoms with E-state index in [1.54, 1.807) is 29.2 Å². The number of carbonyl (C=O) groups excluding carboxylic acids is 1. The molecular weight excluding hydrogens is 368 g/mol. The monoisotopic (exact) mass is 388 g/mol. The molecular formula is C19H21ClN4O3. The van der Waals surface area contributed by atoms with Crippen LogP contribution in [0.1, 0.15) is 26.7 Å². The van der Waals surface area contributed by atoms with E-state index < -0.39 is 0 Å². The molecule has 1 amide bonds. The Morgan fingerprint density at radius 2 is 1.85 bits per heavy atom. The molecule has 0 atom stereocenters. The first kappa shape index (κ1) is 19.1. The quantitative estimate of drug-likeness (QED) is 0.620. The molecule has 0 fully saturated rings. The molecule has 2 aromatic heterocycles. The van der Waals surface area contributed by atoms with E-state index in [-0.39, 0.29) is 29.1 Å². The SMILES string of the molecule is CCCN(CCC)C(=O)Cn1cnc2onc(-c3ccc(Cl)cc3)c2c1=O. The Kier molecular flexibility index (Phi) is 5.91. The molecule has 3 aromatic rings. The van der Waals surface area contributed by atoms with Gasteiger partial charge < -0.3 is 9.42 Å². The first-order valence-electron chi connectivity index (χ1n) is 8.93. The van der Waals surface area contributed by atoms with Crippen LogP contribution in [-0.2, 0) is 11.3 Å². The summed E-state index contributed by atoms with van der Waals surface area (Å²) in [4.78, 5) is 31.5.